The number of H-pyrrole nitrogens is 1. The van der Waals surface area contributed by atoms with Crippen molar-refractivity contribution in [3.63, 3.8) is 0 Å². The summed E-state index contributed by atoms with van der Waals surface area (Å²) in [5.41, 5.74) is 11.9. The van der Waals surface area contributed by atoms with E-state index in [1.165, 1.54) is 18.2 Å². The van der Waals surface area contributed by atoms with Crippen LogP contribution in [-0.4, -0.2) is 34.7 Å². The molecule has 3 aromatic carbocycles. The predicted molar refractivity (Wildman–Crippen MR) is 131 cm³/mol. The summed E-state index contributed by atoms with van der Waals surface area (Å²) >= 11 is 0. The number of fused-ring (bicyclic) bond motifs is 2. The van der Waals surface area contributed by atoms with Gasteiger partial charge in [0.25, 0.3) is 5.91 Å². The number of carboxylic acids is 1. The van der Waals surface area contributed by atoms with E-state index < -0.39 is 23.9 Å². The summed E-state index contributed by atoms with van der Waals surface area (Å²) in [6.45, 7) is 3.43. The largest absolute Gasteiger partial charge is 0.490 e. The topological polar surface area (TPSA) is 108 Å². The number of carboxylic acid groups (broad SMARTS) is 1. The standard InChI is InChI=1S/C25H21F2N3O.C2HF3O2/c1-13-21-22(18-4-2-3-15-12-29-10-9-17(15)18)20(27)11-19(25(28)31)24(21)30-23(13)14-5-7-16(26)8-6-14;3-2(4,5)1(6)7/h2-8,11,29-30H,9-10,12H2,1H3,(H2,28,31);(H,6,7). The van der Waals surface area contributed by atoms with Crippen molar-refractivity contribution >= 4 is 22.8 Å². The van der Waals surface area contributed by atoms with Gasteiger partial charge in [0.2, 0.25) is 0 Å². The molecule has 0 saturated heterocycles. The van der Waals surface area contributed by atoms with Crippen LogP contribution in [0, 0.1) is 18.6 Å². The van der Waals surface area contributed by atoms with Crippen molar-refractivity contribution in [1.29, 1.82) is 0 Å². The molecule has 1 aliphatic heterocycles. The van der Waals surface area contributed by atoms with Crippen LogP contribution in [0.3, 0.4) is 0 Å². The first kappa shape index (κ1) is 26.8. The fourth-order valence-electron chi connectivity index (χ4n) is 4.63. The van der Waals surface area contributed by atoms with Crippen LogP contribution in [0.5, 0.6) is 0 Å². The van der Waals surface area contributed by atoms with Gasteiger partial charge >= 0.3 is 12.1 Å². The molecule has 0 bridgehead atoms. The number of rotatable bonds is 3. The lowest BCUT2D eigenvalue weighted by atomic mass is 9.88. The van der Waals surface area contributed by atoms with E-state index >= 15 is 4.39 Å². The molecule has 198 valence electrons. The lowest BCUT2D eigenvalue weighted by molar-refractivity contribution is -0.192. The SMILES string of the molecule is Cc1c(-c2ccc(F)cc2)[nH]c2c(C(N)=O)cc(F)c(-c3cccc4c3CCNC4)c12.O=C(O)C(F)(F)F. The summed E-state index contributed by atoms with van der Waals surface area (Å²) in [4.78, 5) is 24.3. The maximum absolute atomic E-state index is 15.6. The molecule has 38 heavy (non-hydrogen) atoms. The Morgan fingerprint density at radius 2 is 1.71 bits per heavy atom. The first-order valence-electron chi connectivity index (χ1n) is 11.4. The molecule has 1 aliphatic rings. The Balaban J connectivity index is 0.000000426. The van der Waals surface area contributed by atoms with Crippen molar-refractivity contribution in [3.05, 3.63) is 82.4 Å². The lowest BCUT2D eigenvalue weighted by Crippen LogP contribution is -2.24. The first-order valence-corrected chi connectivity index (χ1v) is 11.4. The minimum atomic E-state index is -5.08. The van der Waals surface area contributed by atoms with E-state index in [4.69, 9.17) is 15.6 Å². The number of halogens is 5. The van der Waals surface area contributed by atoms with Crippen molar-refractivity contribution < 1.29 is 36.6 Å². The van der Waals surface area contributed by atoms with E-state index in [1.807, 2.05) is 25.1 Å². The molecular formula is C27H22F5N3O3. The number of aliphatic carboxylic acids is 1. The zero-order valence-electron chi connectivity index (χ0n) is 20.0. The molecule has 0 unspecified atom stereocenters. The molecule has 0 atom stereocenters. The van der Waals surface area contributed by atoms with Crippen LogP contribution in [0.2, 0.25) is 0 Å². The smallest absolute Gasteiger partial charge is 0.475 e. The molecule has 2 heterocycles. The molecule has 0 saturated carbocycles. The number of carbonyl (C=O) groups is 2. The van der Waals surface area contributed by atoms with Gasteiger partial charge in [-0.3, -0.25) is 4.79 Å². The average Bonchev–Trinajstić information content (AvgIpc) is 3.20. The molecule has 5 N–H and O–H groups in total. The number of hydrogen-bond acceptors (Lipinski definition) is 3. The highest BCUT2D eigenvalue weighted by molar-refractivity contribution is 6.12. The summed E-state index contributed by atoms with van der Waals surface area (Å²) in [6.07, 6.45) is -4.29. The number of amides is 1. The molecule has 1 amide bonds. The summed E-state index contributed by atoms with van der Waals surface area (Å²) in [6, 6.07) is 13.2. The third-order valence-corrected chi connectivity index (χ3v) is 6.33. The number of aryl methyl sites for hydroxylation is 1. The van der Waals surface area contributed by atoms with E-state index in [2.05, 4.69) is 10.3 Å². The van der Waals surface area contributed by atoms with Gasteiger partial charge in [0, 0.05) is 23.2 Å². The first-order chi connectivity index (χ1) is 17.9. The third-order valence-electron chi connectivity index (χ3n) is 6.33. The molecule has 6 nitrogen and oxygen atoms in total. The van der Waals surface area contributed by atoms with Gasteiger partial charge in [0.05, 0.1) is 11.1 Å². The molecule has 0 fully saturated rings. The fraction of sp³-hybridized carbons (Fsp3) is 0.185. The Bertz CT molecular complexity index is 1540. The van der Waals surface area contributed by atoms with Crippen LogP contribution in [0.25, 0.3) is 33.3 Å². The predicted octanol–water partition coefficient (Wildman–Crippen LogP) is 5.47. The van der Waals surface area contributed by atoms with Crippen molar-refractivity contribution in [1.82, 2.24) is 10.3 Å². The van der Waals surface area contributed by atoms with Crippen LogP contribution < -0.4 is 11.1 Å². The van der Waals surface area contributed by atoms with Crippen LogP contribution in [0.1, 0.15) is 27.0 Å². The number of aromatic nitrogens is 1. The van der Waals surface area contributed by atoms with Gasteiger partial charge in [-0.2, -0.15) is 13.2 Å². The zero-order valence-corrected chi connectivity index (χ0v) is 20.0. The highest BCUT2D eigenvalue weighted by Gasteiger charge is 2.38. The van der Waals surface area contributed by atoms with Crippen LogP contribution in [-0.2, 0) is 17.8 Å². The monoisotopic (exact) mass is 531 g/mol. The molecule has 0 aliphatic carbocycles. The Morgan fingerprint density at radius 3 is 2.32 bits per heavy atom. The van der Waals surface area contributed by atoms with E-state index in [0.717, 1.165) is 47.3 Å². The Hall–Kier alpha value is -4.25. The number of benzene rings is 3. The van der Waals surface area contributed by atoms with Gasteiger partial charge in [0.15, 0.2) is 0 Å². The second-order valence-electron chi connectivity index (χ2n) is 8.70. The van der Waals surface area contributed by atoms with Gasteiger partial charge in [-0.15, -0.1) is 0 Å². The van der Waals surface area contributed by atoms with Crippen molar-refractivity contribution in [2.75, 3.05) is 6.54 Å². The third kappa shape index (κ3) is 5.10. The van der Waals surface area contributed by atoms with Gasteiger partial charge in [-0.05, 0) is 78.0 Å². The second-order valence-corrected chi connectivity index (χ2v) is 8.70. The van der Waals surface area contributed by atoms with Gasteiger partial charge < -0.3 is 21.1 Å². The Kier molecular flexibility index (Phi) is 7.23. The lowest BCUT2D eigenvalue weighted by Gasteiger charge is -2.21. The fourth-order valence-corrected chi connectivity index (χ4v) is 4.63. The van der Waals surface area contributed by atoms with E-state index in [0.29, 0.717) is 22.2 Å². The summed E-state index contributed by atoms with van der Waals surface area (Å²) in [7, 11) is 0. The number of aromatic amines is 1. The Labute approximate surface area is 213 Å². The number of carbonyl (C=O) groups excluding carboxylic acids is 1. The molecule has 4 aromatic rings. The number of alkyl halides is 3. The maximum atomic E-state index is 15.6. The molecule has 11 heteroatoms. The van der Waals surface area contributed by atoms with E-state index in [1.54, 1.807) is 12.1 Å². The zero-order chi connectivity index (χ0) is 27.8. The number of primary amides is 1. The number of nitrogens with two attached hydrogens (primary N) is 1. The normalized spacial score (nSPS) is 13.0. The molecule has 1 aromatic heterocycles. The van der Waals surface area contributed by atoms with Crippen LogP contribution in [0.4, 0.5) is 22.0 Å². The number of hydrogen-bond donors (Lipinski definition) is 4. The van der Waals surface area contributed by atoms with Crippen molar-refractivity contribution in [2.24, 2.45) is 5.73 Å². The molecular weight excluding hydrogens is 509 g/mol. The highest BCUT2D eigenvalue weighted by Crippen LogP contribution is 2.41. The van der Waals surface area contributed by atoms with Gasteiger partial charge in [-0.1, -0.05) is 18.2 Å². The second kappa shape index (κ2) is 10.3. The van der Waals surface area contributed by atoms with Crippen molar-refractivity contribution in [2.45, 2.75) is 26.1 Å². The molecule has 5 rings (SSSR count). The minimum Gasteiger partial charge on any atom is -0.475 e. The summed E-state index contributed by atoms with van der Waals surface area (Å²) in [5.74, 6) is -4.29. The summed E-state index contributed by atoms with van der Waals surface area (Å²) < 4.78 is 60.7. The Morgan fingerprint density at radius 1 is 1.05 bits per heavy atom. The van der Waals surface area contributed by atoms with Gasteiger partial charge in [0.1, 0.15) is 11.6 Å². The highest BCUT2D eigenvalue weighted by atomic mass is 19.4. The summed E-state index contributed by atoms with van der Waals surface area (Å²) in [5, 5.41) is 11.1. The average molecular weight is 531 g/mol. The molecule has 0 radical (unpaired) electrons. The van der Waals surface area contributed by atoms with Crippen molar-refractivity contribution in [3.8, 4) is 22.4 Å². The van der Waals surface area contributed by atoms with E-state index in [9.17, 15) is 22.4 Å². The van der Waals surface area contributed by atoms with Crippen LogP contribution in [0.15, 0.2) is 48.5 Å². The van der Waals surface area contributed by atoms with Crippen LogP contribution >= 0.6 is 0 Å². The van der Waals surface area contributed by atoms with E-state index in [-0.39, 0.29) is 11.4 Å². The number of nitrogens with one attached hydrogen (secondary N) is 2. The molecule has 0 spiro atoms. The van der Waals surface area contributed by atoms with Gasteiger partial charge in [-0.25, -0.2) is 13.6 Å². The minimum absolute atomic E-state index is 0.0965. The quantitative estimate of drug-likeness (QED) is 0.263. The maximum Gasteiger partial charge on any atom is 0.490 e.